The summed E-state index contributed by atoms with van der Waals surface area (Å²) in [5, 5.41) is 0. The Kier molecular flexibility index (Phi) is 3.67. The van der Waals surface area contributed by atoms with Crippen molar-refractivity contribution >= 4 is 5.78 Å². The zero-order valence-corrected chi connectivity index (χ0v) is 9.84. The van der Waals surface area contributed by atoms with Crippen molar-refractivity contribution in [1.82, 2.24) is 9.80 Å². The molecule has 0 aromatic carbocycles. The highest BCUT2D eigenvalue weighted by atomic mass is 16.1. The summed E-state index contributed by atoms with van der Waals surface area (Å²) in [6.07, 6.45) is 1.87. The van der Waals surface area contributed by atoms with Crippen molar-refractivity contribution in [3.05, 3.63) is 0 Å². The van der Waals surface area contributed by atoms with E-state index in [0.717, 1.165) is 32.5 Å². The first-order chi connectivity index (χ1) is 6.44. The van der Waals surface area contributed by atoms with Gasteiger partial charge in [-0.3, -0.25) is 9.69 Å². The van der Waals surface area contributed by atoms with Crippen molar-refractivity contribution < 1.29 is 4.79 Å². The third-order valence-electron chi connectivity index (χ3n) is 3.12. The average Bonchev–Trinajstić information content (AvgIpc) is 2.30. The first-order valence-electron chi connectivity index (χ1n) is 5.37. The van der Waals surface area contributed by atoms with Gasteiger partial charge in [-0.05, 0) is 40.9 Å². The largest absolute Gasteiger partial charge is 0.309 e. The van der Waals surface area contributed by atoms with Gasteiger partial charge in [-0.25, -0.2) is 0 Å². The Morgan fingerprint density at radius 3 is 2.50 bits per heavy atom. The number of rotatable bonds is 4. The molecule has 0 spiro atoms. The molecule has 1 fully saturated rings. The van der Waals surface area contributed by atoms with E-state index in [9.17, 15) is 4.79 Å². The van der Waals surface area contributed by atoms with E-state index in [4.69, 9.17) is 0 Å². The van der Waals surface area contributed by atoms with Gasteiger partial charge in [0, 0.05) is 19.5 Å². The van der Waals surface area contributed by atoms with Crippen LogP contribution in [0.3, 0.4) is 0 Å². The molecule has 0 radical (unpaired) electrons. The van der Waals surface area contributed by atoms with Crippen LogP contribution in [0.5, 0.6) is 0 Å². The SMILES string of the molecule is CN(C)CCCN1CCC(=O)C1(C)C. The Morgan fingerprint density at radius 1 is 1.43 bits per heavy atom. The molecule has 1 saturated heterocycles. The highest BCUT2D eigenvalue weighted by Gasteiger charge is 2.39. The van der Waals surface area contributed by atoms with Crippen molar-refractivity contribution in [2.75, 3.05) is 33.7 Å². The summed E-state index contributed by atoms with van der Waals surface area (Å²) in [5.41, 5.74) is -0.216. The van der Waals surface area contributed by atoms with Gasteiger partial charge in [-0.2, -0.15) is 0 Å². The molecule has 0 aromatic rings. The first-order valence-corrected chi connectivity index (χ1v) is 5.37. The summed E-state index contributed by atoms with van der Waals surface area (Å²) in [6, 6.07) is 0. The van der Waals surface area contributed by atoms with Crippen LogP contribution in [0.1, 0.15) is 26.7 Å². The van der Waals surface area contributed by atoms with E-state index >= 15 is 0 Å². The van der Waals surface area contributed by atoms with Gasteiger partial charge in [0.2, 0.25) is 0 Å². The number of Topliss-reactive ketones (excluding diaryl/α,β-unsaturated/α-hetero) is 1. The molecule has 0 bridgehead atoms. The van der Waals surface area contributed by atoms with Crippen LogP contribution in [0.4, 0.5) is 0 Å². The molecule has 0 amide bonds. The third-order valence-corrected chi connectivity index (χ3v) is 3.12. The fraction of sp³-hybridized carbons (Fsp3) is 0.909. The van der Waals surface area contributed by atoms with Crippen molar-refractivity contribution in [3.8, 4) is 0 Å². The van der Waals surface area contributed by atoms with E-state index < -0.39 is 0 Å². The second-order valence-corrected chi connectivity index (χ2v) is 4.88. The predicted molar refractivity (Wildman–Crippen MR) is 58.4 cm³/mol. The van der Waals surface area contributed by atoms with Gasteiger partial charge >= 0.3 is 0 Å². The topological polar surface area (TPSA) is 23.6 Å². The molecule has 1 rings (SSSR count). The molecule has 0 atom stereocenters. The molecule has 3 heteroatoms. The minimum Gasteiger partial charge on any atom is -0.309 e. The minimum atomic E-state index is -0.216. The van der Waals surface area contributed by atoms with E-state index in [1.807, 2.05) is 13.8 Å². The molecular weight excluding hydrogens is 176 g/mol. The summed E-state index contributed by atoms with van der Waals surface area (Å²) >= 11 is 0. The normalized spacial score (nSPS) is 22.2. The second kappa shape index (κ2) is 4.41. The van der Waals surface area contributed by atoms with Gasteiger partial charge in [-0.1, -0.05) is 0 Å². The van der Waals surface area contributed by atoms with Crippen LogP contribution >= 0.6 is 0 Å². The summed E-state index contributed by atoms with van der Waals surface area (Å²) < 4.78 is 0. The maximum atomic E-state index is 11.6. The lowest BCUT2D eigenvalue weighted by atomic mass is 10.0. The summed E-state index contributed by atoms with van der Waals surface area (Å²) in [6.45, 7) is 7.16. The molecular formula is C11H22N2O. The first kappa shape index (κ1) is 11.7. The van der Waals surface area contributed by atoms with E-state index in [1.54, 1.807) is 0 Å². The van der Waals surface area contributed by atoms with Gasteiger partial charge in [0.1, 0.15) is 0 Å². The van der Waals surface area contributed by atoms with E-state index in [2.05, 4.69) is 23.9 Å². The number of nitrogens with zero attached hydrogens (tertiary/aromatic N) is 2. The van der Waals surface area contributed by atoms with Crippen LogP contribution < -0.4 is 0 Å². The molecule has 3 nitrogen and oxygen atoms in total. The van der Waals surface area contributed by atoms with Gasteiger partial charge < -0.3 is 4.90 Å². The predicted octanol–water partition coefficient (Wildman–Crippen LogP) is 0.991. The van der Waals surface area contributed by atoms with E-state index in [-0.39, 0.29) is 5.54 Å². The zero-order valence-electron chi connectivity index (χ0n) is 9.84. The minimum absolute atomic E-state index is 0.216. The molecule has 0 N–H and O–H groups in total. The number of carbonyl (C=O) groups is 1. The Bertz CT molecular complexity index is 211. The van der Waals surface area contributed by atoms with E-state index in [0.29, 0.717) is 5.78 Å². The molecule has 1 aliphatic rings. The number of hydrogen-bond donors (Lipinski definition) is 0. The van der Waals surface area contributed by atoms with Crippen molar-refractivity contribution in [2.45, 2.75) is 32.2 Å². The Labute approximate surface area is 87.1 Å². The monoisotopic (exact) mass is 198 g/mol. The smallest absolute Gasteiger partial charge is 0.153 e. The maximum Gasteiger partial charge on any atom is 0.153 e. The van der Waals surface area contributed by atoms with Crippen LogP contribution in [0.15, 0.2) is 0 Å². The van der Waals surface area contributed by atoms with Crippen LogP contribution in [-0.4, -0.2) is 54.9 Å². The average molecular weight is 198 g/mol. The third kappa shape index (κ3) is 2.55. The molecule has 0 aliphatic carbocycles. The fourth-order valence-electron chi connectivity index (χ4n) is 1.97. The van der Waals surface area contributed by atoms with Crippen molar-refractivity contribution in [3.63, 3.8) is 0 Å². The van der Waals surface area contributed by atoms with Crippen molar-refractivity contribution in [2.24, 2.45) is 0 Å². The highest BCUT2D eigenvalue weighted by Crippen LogP contribution is 2.24. The quantitative estimate of drug-likeness (QED) is 0.673. The molecule has 82 valence electrons. The lowest BCUT2D eigenvalue weighted by Gasteiger charge is -2.30. The lowest BCUT2D eigenvalue weighted by molar-refractivity contribution is -0.123. The Hall–Kier alpha value is -0.410. The molecule has 0 unspecified atom stereocenters. The number of likely N-dealkylation sites (tertiary alicyclic amines) is 1. The fourth-order valence-corrected chi connectivity index (χ4v) is 1.97. The van der Waals surface area contributed by atoms with Gasteiger partial charge in [0.25, 0.3) is 0 Å². The molecule has 14 heavy (non-hydrogen) atoms. The molecule has 1 aliphatic heterocycles. The second-order valence-electron chi connectivity index (χ2n) is 4.88. The summed E-state index contributed by atoms with van der Waals surface area (Å²) in [5.74, 6) is 0.391. The Morgan fingerprint density at radius 2 is 2.07 bits per heavy atom. The van der Waals surface area contributed by atoms with Crippen LogP contribution in [0.2, 0.25) is 0 Å². The standard InChI is InChI=1S/C11H22N2O/c1-11(2)10(14)6-9-13(11)8-5-7-12(3)4/h5-9H2,1-4H3. The molecule has 0 aromatic heterocycles. The Balaban J connectivity index is 2.35. The number of hydrogen-bond acceptors (Lipinski definition) is 3. The van der Waals surface area contributed by atoms with E-state index in [1.165, 1.54) is 0 Å². The number of ketones is 1. The van der Waals surface area contributed by atoms with Gasteiger partial charge in [0.05, 0.1) is 5.54 Å². The number of carbonyl (C=O) groups excluding carboxylic acids is 1. The molecule has 1 heterocycles. The van der Waals surface area contributed by atoms with Gasteiger partial charge in [0.15, 0.2) is 5.78 Å². The van der Waals surface area contributed by atoms with Crippen LogP contribution in [-0.2, 0) is 4.79 Å². The van der Waals surface area contributed by atoms with Crippen LogP contribution in [0, 0.1) is 0 Å². The van der Waals surface area contributed by atoms with Crippen molar-refractivity contribution in [1.29, 1.82) is 0 Å². The molecule has 0 saturated carbocycles. The summed E-state index contributed by atoms with van der Waals surface area (Å²) in [7, 11) is 4.17. The van der Waals surface area contributed by atoms with Crippen LogP contribution in [0.25, 0.3) is 0 Å². The maximum absolute atomic E-state index is 11.6. The van der Waals surface area contributed by atoms with Gasteiger partial charge in [-0.15, -0.1) is 0 Å². The summed E-state index contributed by atoms with van der Waals surface area (Å²) in [4.78, 5) is 16.0. The zero-order chi connectivity index (χ0) is 10.8. The lowest BCUT2D eigenvalue weighted by Crippen LogP contribution is -2.43. The highest BCUT2D eigenvalue weighted by molar-refractivity contribution is 5.89.